The Morgan fingerprint density at radius 1 is 1.29 bits per heavy atom. The quantitative estimate of drug-likeness (QED) is 0.578. The Labute approximate surface area is 124 Å². The van der Waals surface area contributed by atoms with Crippen molar-refractivity contribution in [1.82, 2.24) is 14.8 Å². The first-order chi connectivity index (χ1) is 10.2. The van der Waals surface area contributed by atoms with Crippen LogP contribution in [0.5, 0.6) is 0 Å². The largest absolute Gasteiger partial charge is 0.378 e. The third-order valence-electron chi connectivity index (χ3n) is 2.85. The topological polar surface area (TPSA) is 85.9 Å². The maximum atomic E-state index is 10.7. The second-order valence-electron chi connectivity index (χ2n) is 4.21. The molecule has 3 aromatic rings. The number of para-hydroxylation sites is 2. The Bertz CT molecular complexity index is 754. The summed E-state index contributed by atoms with van der Waals surface area (Å²) in [6, 6.07) is 11.0. The van der Waals surface area contributed by atoms with Crippen LogP contribution in [-0.2, 0) is 6.54 Å². The fourth-order valence-corrected chi connectivity index (χ4v) is 2.66. The van der Waals surface area contributed by atoms with Crippen LogP contribution in [0.3, 0.4) is 0 Å². The molecule has 8 heteroatoms. The number of hydrogen-bond donors (Lipinski definition) is 1. The molecule has 0 aliphatic carbocycles. The van der Waals surface area contributed by atoms with E-state index in [1.165, 1.54) is 23.7 Å². The van der Waals surface area contributed by atoms with Crippen molar-refractivity contribution in [3.05, 3.63) is 64.0 Å². The zero-order valence-electron chi connectivity index (χ0n) is 10.8. The minimum absolute atomic E-state index is 0.149. The normalized spacial score (nSPS) is 10.5. The van der Waals surface area contributed by atoms with Crippen LogP contribution in [-0.4, -0.2) is 19.7 Å². The first-order valence-corrected chi connectivity index (χ1v) is 6.97. The summed E-state index contributed by atoms with van der Waals surface area (Å²) in [5.74, 6) is 0. The summed E-state index contributed by atoms with van der Waals surface area (Å²) in [6.07, 6.45) is 3.09. The van der Waals surface area contributed by atoms with Crippen molar-refractivity contribution in [3.8, 4) is 5.69 Å². The molecule has 0 bridgehead atoms. The number of hydrogen-bond acceptors (Lipinski definition) is 6. The van der Waals surface area contributed by atoms with Gasteiger partial charge in [-0.2, -0.15) is 5.10 Å². The van der Waals surface area contributed by atoms with Gasteiger partial charge in [-0.05, 0) is 18.2 Å². The molecular formula is C13H11N5O2S. The Morgan fingerprint density at radius 2 is 2.14 bits per heavy atom. The summed E-state index contributed by atoms with van der Waals surface area (Å²) in [5, 5.41) is 18.2. The summed E-state index contributed by atoms with van der Waals surface area (Å²) in [7, 11) is 0. The number of rotatable bonds is 5. The van der Waals surface area contributed by atoms with Crippen LogP contribution < -0.4 is 5.32 Å². The molecular weight excluding hydrogens is 290 g/mol. The number of benzene rings is 1. The molecule has 0 fully saturated rings. The first kappa shape index (κ1) is 13.3. The van der Waals surface area contributed by atoms with E-state index in [0.717, 1.165) is 16.3 Å². The summed E-state index contributed by atoms with van der Waals surface area (Å²) in [4.78, 5) is 15.1. The second-order valence-corrected chi connectivity index (χ2v) is 5.35. The number of aromatic nitrogens is 3. The fourth-order valence-electron chi connectivity index (χ4n) is 1.90. The van der Waals surface area contributed by atoms with Crippen molar-refractivity contribution in [3.63, 3.8) is 0 Å². The molecule has 1 N–H and O–H groups in total. The van der Waals surface area contributed by atoms with Crippen LogP contribution in [0.15, 0.2) is 49.1 Å². The van der Waals surface area contributed by atoms with Gasteiger partial charge in [-0.15, -0.1) is 0 Å². The molecule has 0 spiro atoms. The van der Waals surface area contributed by atoms with E-state index in [9.17, 15) is 10.1 Å². The van der Waals surface area contributed by atoms with Crippen LogP contribution >= 0.6 is 11.3 Å². The predicted octanol–water partition coefficient (Wildman–Crippen LogP) is 2.85. The van der Waals surface area contributed by atoms with E-state index < -0.39 is 0 Å². The number of nitrogens with zero attached hydrogens (tertiary/aromatic N) is 4. The molecule has 0 aliphatic heterocycles. The molecule has 21 heavy (non-hydrogen) atoms. The van der Waals surface area contributed by atoms with E-state index in [-0.39, 0.29) is 9.92 Å². The van der Waals surface area contributed by atoms with Gasteiger partial charge < -0.3 is 5.32 Å². The van der Waals surface area contributed by atoms with Gasteiger partial charge in [0.1, 0.15) is 12.7 Å². The van der Waals surface area contributed by atoms with Crippen LogP contribution in [0.1, 0.15) is 4.88 Å². The van der Waals surface area contributed by atoms with Crippen LogP contribution in [0, 0.1) is 10.1 Å². The Kier molecular flexibility index (Phi) is 3.61. The molecule has 7 nitrogen and oxygen atoms in total. The van der Waals surface area contributed by atoms with E-state index >= 15 is 0 Å². The van der Waals surface area contributed by atoms with Crippen molar-refractivity contribution < 1.29 is 4.92 Å². The molecule has 2 heterocycles. The highest BCUT2D eigenvalue weighted by Gasteiger charge is 2.10. The number of thiophene rings is 1. The first-order valence-electron chi connectivity index (χ1n) is 6.15. The summed E-state index contributed by atoms with van der Waals surface area (Å²) in [6.45, 7) is 0.518. The fraction of sp³-hybridized carbons (Fsp3) is 0.0769. The van der Waals surface area contributed by atoms with Gasteiger partial charge in [0.05, 0.1) is 16.3 Å². The molecule has 0 radical (unpaired) electrons. The van der Waals surface area contributed by atoms with Gasteiger partial charge in [-0.25, -0.2) is 9.67 Å². The molecule has 0 atom stereocenters. The smallest absolute Gasteiger partial charge is 0.324 e. The Hall–Kier alpha value is -2.74. The van der Waals surface area contributed by atoms with Crippen LogP contribution in [0.2, 0.25) is 0 Å². The highest BCUT2D eigenvalue weighted by Crippen LogP contribution is 2.26. The van der Waals surface area contributed by atoms with Gasteiger partial charge in [0.15, 0.2) is 0 Å². The summed E-state index contributed by atoms with van der Waals surface area (Å²) in [5.41, 5.74) is 1.76. The molecule has 2 aromatic heterocycles. The zero-order valence-corrected chi connectivity index (χ0v) is 11.7. The molecule has 0 amide bonds. The lowest BCUT2D eigenvalue weighted by molar-refractivity contribution is -0.380. The molecule has 3 rings (SSSR count). The van der Waals surface area contributed by atoms with E-state index in [0.29, 0.717) is 6.54 Å². The van der Waals surface area contributed by atoms with Crippen molar-refractivity contribution in [2.24, 2.45) is 0 Å². The zero-order chi connectivity index (χ0) is 14.7. The lowest BCUT2D eigenvalue weighted by Crippen LogP contribution is -2.03. The van der Waals surface area contributed by atoms with E-state index in [4.69, 9.17) is 0 Å². The average molecular weight is 301 g/mol. The minimum Gasteiger partial charge on any atom is -0.378 e. The molecule has 1 aromatic carbocycles. The van der Waals surface area contributed by atoms with Crippen molar-refractivity contribution in [2.75, 3.05) is 5.32 Å². The Morgan fingerprint density at radius 3 is 2.86 bits per heavy atom. The van der Waals surface area contributed by atoms with Gasteiger partial charge in [0.25, 0.3) is 0 Å². The minimum atomic E-state index is -0.377. The van der Waals surface area contributed by atoms with Gasteiger partial charge in [0.2, 0.25) is 0 Å². The monoisotopic (exact) mass is 301 g/mol. The van der Waals surface area contributed by atoms with Crippen LogP contribution in [0.25, 0.3) is 5.69 Å². The van der Waals surface area contributed by atoms with Crippen molar-refractivity contribution in [1.29, 1.82) is 0 Å². The lowest BCUT2D eigenvalue weighted by atomic mass is 10.2. The molecule has 0 saturated heterocycles. The highest BCUT2D eigenvalue weighted by molar-refractivity contribution is 7.15. The SMILES string of the molecule is O=[N+]([O-])c1ccc(CNc2ccccc2-n2cncn2)s1. The van der Waals surface area contributed by atoms with E-state index in [1.54, 1.807) is 17.1 Å². The lowest BCUT2D eigenvalue weighted by Gasteiger charge is -2.10. The van der Waals surface area contributed by atoms with Gasteiger partial charge in [-0.1, -0.05) is 23.5 Å². The molecule has 0 unspecified atom stereocenters. The molecule has 106 valence electrons. The third-order valence-corrected chi connectivity index (χ3v) is 3.89. The molecule has 0 aliphatic rings. The second kappa shape index (κ2) is 5.71. The van der Waals surface area contributed by atoms with Gasteiger partial charge in [-0.3, -0.25) is 10.1 Å². The summed E-state index contributed by atoms with van der Waals surface area (Å²) >= 11 is 1.17. The summed E-state index contributed by atoms with van der Waals surface area (Å²) < 4.78 is 1.67. The maximum Gasteiger partial charge on any atom is 0.324 e. The number of anilines is 1. The van der Waals surface area contributed by atoms with E-state index in [1.807, 2.05) is 24.3 Å². The van der Waals surface area contributed by atoms with Crippen LogP contribution in [0.4, 0.5) is 10.7 Å². The third kappa shape index (κ3) is 2.90. The number of nitrogens with one attached hydrogen (secondary N) is 1. The predicted molar refractivity (Wildman–Crippen MR) is 79.7 cm³/mol. The number of nitro groups is 1. The standard InChI is InChI=1S/C13H11N5O2S/c19-18(20)13-6-5-10(21-13)7-15-11-3-1-2-4-12(11)17-9-14-8-16-17/h1-6,8-9,15H,7H2. The Balaban J connectivity index is 1.77. The van der Waals surface area contributed by atoms with Gasteiger partial charge >= 0.3 is 5.00 Å². The van der Waals surface area contributed by atoms with Crippen molar-refractivity contribution >= 4 is 22.0 Å². The average Bonchev–Trinajstić information content (AvgIpc) is 3.17. The maximum absolute atomic E-state index is 10.7. The van der Waals surface area contributed by atoms with Gasteiger partial charge in [0, 0.05) is 17.5 Å². The molecule has 0 saturated carbocycles. The van der Waals surface area contributed by atoms with Crippen molar-refractivity contribution in [2.45, 2.75) is 6.54 Å². The highest BCUT2D eigenvalue weighted by atomic mass is 32.1. The van der Waals surface area contributed by atoms with E-state index in [2.05, 4.69) is 15.4 Å².